The van der Waals surface area contributed by atoms with Gasteiger partial charge < -0.3 is 9.84 Å². The lowest BCUT2D eigenvalue weighted by molar-refractivity contribution is -0.137. The molecule has 3 aromatic rings. The Morgan fingerprint density at radius 2 is 2.04 bits per heavy atom. The second-order valence-corrected chi connectivity index (χ2v) is 7.66. The van der Waals surface area contributed by atoms with E-state index in [9.17, 15) is 18.3 Å². The molecule has 0 spiro atoms. The van der Waals surface area contributed by atoms with Gasteiger partial charge in [0.25, 0.3) is 0 Å². The summed E-state index contributed by atoms with van der Waals surface area (Å²) in [5.74, 6) is 0.0174. The number of ether oxygens (including phenoxy) is 1. The largest absolute Gasteiger partial charge is 0.507 e. The van der Waals surface area contributed by atoms with Crippen LogP contribution in [0.4, 0.5) is 13.2 Å². The van der Waals surface area contributed by atoms with E-state index in [-0.39, 0.29) is 11.6 Å². The number of fused-ring (bicyclic) bond motifs is 3. The van der Waals surface area contributed by atoms with Crippen molar-refractivity contribution in [3.8, 4) is 17.0 Å². The molecule has 1 saturated carbocycles. The van der Waals surface area contributed by atoms with Gasteiger partial charge in [0, 0.05) is 23.1 Å². The number of phenols is 1. The summed E-state index contributed by atoms with van der Waals surface area (Å²) in [6.45, 7) is 2.28. The summed E-state index contributed by atoms with van der Waals surface area (Å²) in [5, 5.41) is 15.7. The van der Waals surface area contributed by atoms with Crippen molar-refractivity contribution >= 4 is 11.0 Å². The third kappa shape index (κ3) is 2.74. The molecule has 5 rings (SSSR count). The van der Waals surface area contributed by atoms with Gasteiger partial charge in [-0.2, -0.15) is 18.3 Å². The minimum Gasteiger partial charge on any atom is -0.507 e. The van der Waals surface area contributed by atoms with Gasteiger partial charge in [-0.1, -0.05) is 0 Å². The molecule has 146 valence electrons. The van der Waals surface area contributed by atoms with E-state index in [0.717, 1.165) is 37.0 Å². The molecule has 2 aliphatic rings. The zero-order valence-electron chi connectivity index (χ0n) is 15.1. The van der Waals surface area contributed by atoms with Gasteiger partial charge in [0.1, 0.15) is 5.75 Å². The highest BCUT2D eigenvalue weighted by Gasteiger charge is 2.42. The van der Waals surface area contributed by atoms with E-state index < -0.39 is 17.5 Å². The highest BCUT2D eigenvalue weighted by molar-refractivity contribution is 5.80. The summed E-state index contributed by atoms with van der Waals surface area (Å²) < 4.78 is 46.5. The van der Waals surface area contributed by atoms with Crippen LogP contribution in [-0.4, -0.2) is 32.6 Å². The molecule has 28 heavy (non-hydrogen) atoms. The predicted molar refractivity (Wildman–Crippen MR) is 95.9 cm³/mol. The molecule has 5 nitrogen and oxygen atoms in total. The Hall–Kier alpha value is -2.61. The Kier molecular flexibility index (Phi) is 3.71. The Morgan fingerprint density at radius 1 is 1.21 bits per heavy atom. The molecule has 1 saturated heterocycles. The minimum atomic E-state index is -4.51. The molecular weight excluding hydrogens is 371 g/mol. The van der Waals surface area contributed by atoms with E-state index >= 15 is 0 Å². The molecule has 8 heteroatoms. The van der Waals surface area contributed by atoms with Crippen molar-refractivity contribution in [2.24, 2.45) is 5.92 Å². The first kappa shape index (κ1) is 17.5. The van der Waals surface area contributed by atoms with Gasteiger partial charge in [-0.25, -0.2) is 4.98 Å². The maximum absolute atomic E-state index is 13.0. The molecule has 2 bridgehead atoms. The zero-order valence-corrected chi connectivity index (χ0v) is 15.1. The first-order valence-corrected chi connectivity index (χ1v) is 9.18. The Bertz CT molecular complexity index is 1050. The molecule has 1 aliphatic heterocycles. The highest BCUT2D eigenvalue weighted by atomic mass is 19.4. The number of halogens is 3. The average Bonchev–Trinajstić information content (AvgIpc) is 3.34. The minimum absolute atomic E-state index is 0.289. The smallest absolute Gasteiger partial charge is 0.416 e. The molecule has 1 aromatic carbocycles. The normalized spacial score (nSPS) is 24.4. The van der Waals surface area contributed by atoms with E-state index in [4.69, 9.17) is 4.74 Å². The van der Waals surface area contributed by atoms with Gasteiger partial charge in [-0.3, -0.25) is 4.68 Å². The quantitative estimate of drug-likeness (QED) is 0.702. The number of aryl methyl sites for hydroxylation is 1. The average molecular weight is 389 g/mol. The Morgan fingerprint density at radius 3 is 2.68 bits per heavy atom. The molecule has 0 radical (unpaired) electrons. The fraction of sp³-hybridized carbons (Fsp3) is 0.400. The van der Waals surface area contributed by atoms with Crippen LogP contribution in [0, 0.1) is 12.8 Å². The number of rotatable bonds is 2. The van der Waals surface area contributed by atoms with Crippen molar-refractivity contribution in [2.45, 2.75) is 38.1 Å². The van der Waals surface area contributed by atoms with Crippen molar-refractivity contribution in [1.29, 1.82) is 0 Å². The van der Waals surface area contributed by atoms with Crippen LogP contribution >= 0.6 is 0 Å². The number of aromatic hydroxyl groups is 1. The van der Waals surface area contributed by atoms with Crippen LogP contribution in [0.3, 0.4) is 0 Å². The van der Waals surface area contributed by atoms with Crippen molar-refractivity contribution < 1.29 is 23.0 Å². The number of benzene rings is 1. The summed E-state index contributed by atoms with van der Waals surface area (Å²) in [6, 6.07) is 5.59. The molecule has 3 heterocycles. The summed E-state index contributed by atoms with van der Waals surface area (Å²) in [5.41, 5.74) is 0.634. The molecule has 1 aliphatic carbocycles. The lowest BCUT2D eigenvalue weighted by Crippen LogP contribution is -2.21. The molecule has 2 aromatic heterocycles. The maximum Gasteiger partial charge on any atom is 0.416 e. The number of pyridine rings is 1. The van der Waals surface area contributed by atoms with Crippen LogP contribution in [0.1, 0.15) is 30.0 Å². The van der Waals surface area contributed by atoms with Crippen LogP contribution in [0.15, 0.2) is 30.5 Å². The summed E-state index contributed by atoms with van der Waals surface area (Å²) in [7, 11) is 0. The fourth-order valence-corrected chi connectivity index (χ4v) is 4.45. The first-order valence-electron chi connectivity index (χ1n) is 9.18. The maximum atomic E-state index is 13.0. The van der Waals surface area contributed by atoms with E-state index in [1.54, 1.807) is 6.07 Å². The standard InChI is InChI=1S/C20H18F3N3O2/c1-10-4-13(20(21,22)23)6-17(27)18(10)15-3-2-11-8-26(25-19(11)24-15)16-7-14-5-12(16)9-28-14/h2-4,6,8,12,14,16,27H,5,7,9H2,1H3/t12-,14-,16+/m1/s1. The van der Waals surface area contributed by atoms with Crippen molar-refractivity contribution in [3.05, 3.63) is 41.6 Å². The summed E-state index contributed by atoms with van der Waals surface area (Å²) >= 11 is 0. The van der Waals surface area contributed by atoms with Crippen LogP contribution in [0.5, 0.6) is 5.75 Å². The number of hydrogen-bond acceptors (Lipinski definition) is 4. The second kappa shape index (κ2) is 5.94. The van der Waals surface area contributed by atoms with Crippen molar-refractivity contribution in [3.63, 3.8) is 0 Å². The van der Waals surface area contributed by atoms with E-state index in [2.05, 4.69) is 10.1 Å². The predicted octanol–water partition coefficient (Wildman–Crippen LogP) is 4.48. The van der Waals surface area contributed by atoms with Gasteiger partial charge >= 0.3 is 6.18 Å². The van der Waals surface area contributed by atoms with Crippen LogP contribution in [-0.2, 0) is 10.9 Å². The molecule has 1 N–H and O–H groups in total. The van der Waals surface area contributed by atoms with Gasteiger partial charge in [0.05, 0.1) is 30.0 Å². The number of hydrogen-bond donors (Lipinski definition) is 1. The molecule has 3 atom stereocenters. The third-order valence-electron chi connectivity index (χ3n) is 5.79. The Labute approximate surface area is 158 Å². The van der Waals surface area contributed by atoms with Gasteiger partial charge in [-0.05, 0) is 49.6 Å². The fourth-order valence-electron chi connectivity index (χ4n) is 4.45. The second-order valence-electron chi connectivity index (χ2n) is 7.66. The monoisotopic (exact) mass is 389 g/mol. The van der Waals surface area contributed by atoms with Crippen molar-refractivity contribution in [1.82, 2.24) is 14.8 Å². The lowest BCUT2D eigenvalue weighted by atomic mass is 10.00. The van der Waals surface area contributed by atoms with Crippen LogP contribution in [0.2, 0.25) is 0 Å². The number of phenolic OH excluding ortho intramolecular Hbond substituents is 1. The summed E-state index contributed by atoms with van der Waals surface area (Å²) in [4.78, 5) is 4.51. The van der Waals surface area contributed by atoms with Gasteiger partial charge in [0.2, 0.25) is 0 Å². The van der Waals surface area contributed by atoms with E-state index in [1.165, 1.54) is 6.92 Å². The zero-order chi connectivity index (χ0) is 19.6. The van der Waals surface area contributed by atoms with E-state index in [1.807, 2.05) is 16.9 Å². The Balaban J connectivity index is 1.54. The SMILES string of the molecule is Cc1cc(C(F)(F)F)cc(O)c1-c1ccc2cn([C@H]3C[C@H]4C[C@@H]3CO4)nc2n1. The molecule has 0 amide bonds. The topological polar surface area (TPSA) is 60.2 Å². The molecule has 2 fully saturated rings. The van der Waals surface area contributed by atoms with Crippen LogP contribution < -0.4 is 0 Å². The lowest BCUT2D eigenvalue weighted by Gasteiger charge is -2.21. The number of aromatic nitrogens is 3. The molecule has 0 unspecified atom stereocenters. The number of alkyl halides is 3. The highest BCUT2D eigenvalue weighted by Crippen LogP contribution is 2.43. The van der Waals surface area contributed by atoms with Crippen molar-refractivity contribution in [2.75, 3.05) is 6.61 Å². The van der Waals surface area contributed by atoms with Crippen LogP contribution in [0.25, 0.3) is 22.3 Å². The molecular formula is C20H18F3N3O2. The third-order valence-corrected chi connectivity index (χ3v) is 5.79. The first-order chi connectivity index (χ1) is 13.3. The summed E-state index contributed by atoms with van der Waals surface area (Å²) in [6.07, 6.45) is -0.265. The van der Waals surface area contributed by atoms with Gasteiger partial charge in [0.15, 0.2) is 5.65 Å². The number of nitrogens with zero attached hydrogens (tertiary/aromatic N) is 3. The van der Waals surface area contributed by atoms with E-state index in [0.29, 0.717) is 28.9 Å². The van der Waals surface area contributed by atoms with Gasteiger partial charge in [-0.15, -0.1) is 0 Å².